The van der Waals surface area contributed by atoms with Crippen LogP contribution in [0.2, 0.25) is 0 Å². The summed E-state index contributed by atoms with van der Waals surface area (Å²) >= 11 is 0.915. The average molecular weight is 412 g/mol. The molecule has 0 unspecified atom stereocenters. The van der Waals surface area contributed by atoms with Crippen molar-refractivity contribution in [3.63, 3.8) is 0 Å². The van der Waals surface area contributed by atoms with E-state index in [1.54, 1.807) is 11.0 Å². The van der Waals surface area contributed by atoms with Gasteiger partial charge in [0.05, 0.1) is 4.91 Å². The molecule has 0 bridgehead atoms. The van der Waals surface area contributed by atoms with Crippen LogP contribution in [0.25, 0.3) is 17.0 Å². The molecule has 1 aromatic carbocycles. The Bertz CT molecular complexity index is 988. The number of hydrogen-bond acceptors (Lipinski definition) is 4. The highest BCUT2D eigenvalue weighted by molar-refractivity contribution is 8.18. The van der Waals surface area contributed by atoms with Crippen LogP contribution in [0.5, 0.6) is 0 Å². The molecule has 7 heteroatoms. The lowest BCUT2D eigenvalue weighted by atomic mass is 10.1. The van der Waals surface area contributed by atoms with E-state index < -0.39 is 0 Å². The van der Waals surface area contributed by atoms with Crippen molar-refractivity contribution in [1.82, 2.24) is 14.4 Å². The lowest BCUT2D eigenvalue weighted by molar-refractivity contribution is -0.136. The van der Waals surface area contributed by atoms with E-state index in [-0.39, 0.29) is 23.6 Å². The first-order valence-electron chi connectivity index (χ1n) is 10.2. The highest BCUT2D eigenvalue weighted by Crippen LogP contribution is 2.34. The van der Waals surface area contributed by atoms with E-state index in [2.05, 4.69) is 17.6 Å². The first-order valence-corrected chi connectivity index (χ1v) is 11.0. The predicted molar refractivity (Wildman–Crippen MR) is 115 cm³/mol. The van der Waals surface area contributed by atoms with Gasteiger partial charge in [0.15, 0.2) is 0 Å². The molecular formula is C22H25N3O3S. The van der Waals surface area contributed by atoms with Crippen molar-refractivity contribution in [3.8, 4) is 0 Å². The van der Waals surface area contributed by atoms with Crippen LogP contribution in [0.15, 0.2) is 35.4 Å². The van der Waals surface area contributed by atoms with Gasteiger partial charge in [-0.3, -0.25) is 19.3 Å². The lowest BCUT2D eigenvalue weighted by Crippen LogP contribution is -2.44. The molecule has 0 aliphatic carbocycles. The minimum Gasteiger partial charge on any atom is -0.347 e. The summed E-state index contributed by atoms with van der Waals surface area (Å²) in [6.07, 6.45) is 7.91. The zero-order valence-corrected chi connectivity index (χ0v) is 17.4. The Labute approximate surface area is 174 Å². The van der Waals surface area contributed by atoms with Gasteiger partial charge >= 0.3 is 0 Å². The molecule has 0 saturated carbocycles. The molecule has 0 spiro atoms. The number of piperidine rings is 1. The number of amides is 3. The zero-order chi connectivity index (χ0) is 20.4. The fraction of sp³-hybridized carbons (Fsp3) is 0.409. The molecule has 3 heterocycles. The summed E-state index contributed by atoms with van der Waals surface area (Å²) in [5.41, 5.74) is 2.03. The van der Waals surface area contributed by atoms with Crippen molar-refractivity contribution in [3.05, 3.63) is 40.9 Å². The predicted octanol–water partition coefficient (Wildman–Crippen LogP) is 4.10. The molecule has 4 rings (SSSR count). The number of thioether (sulfide) groups is 1. The maximum atomic E-state index is 12.8. The van der Waals surface area contributed by atoms with Crippen LogP contribution in [0.4, 0.5) is 4.79 Å². The summed E-state index contributed by atoms with van der Waals surface area (Å²) < 4.78 is 2.17. The highest BCUT2D eigenvalue weighted by atomic mass is 32.2. The Morgan fingerprint density at radius 2 is 1.90 bits per heavy atom. The third-order valence-corrected chi connectivity index (χ3v) is 6.35. The van der Waals surface area contributed by atoms with Gasteiger partial charge in [0.1, 0.15) is 6.54 Å². The van der Waals surface area contributed by atoms with Gasteiger partial charge in [-0.2, -0.15) is 0 Å². The number of fused-ring (bicyclic) bond motifs is 1. The molecule has 2 aliphatic heterocycles. The van der Waals surface area contributed by atoms with E-state index in [0.29, 0.717) is 18.0 Å². The Morgan fingerprint density at radius 3 is 2.66 bits per heavy atom. The van der Waals surface area contributed by atoms with E-state index in [4.69, 9.17) is 0 Å². The number of carbonyl (C=O) groups excluding carboxylic acids is 3. The number of carbonyl (C=O) groups is 3. The average Bonchev–Trinajstić information content (AvgIpc) is 3.21. The van der Waals surface area contributed by atoms with Crippen LogP contribution >= 0.6 is 11.8 Å². The molecule has 2 saturated heterocycles. The summed E-state index contributed by atoms with van der Waals surface area (Å²) in [5.74, 6) is -0.523. The summed E-state index contributed by atoms with van der Waals surface area (Å²) in [4.78, 5) is 41.0. The van der Waals surface area contributed by atoms with E-state index in [0.717, 1.165) is 65.4 Å². The molecule has 152 valence electrons. The largest absolute Gasteiger partial charge is 0.347 e. The topological polar surface area (TPSA) is 62.6 Å². The van der Waals surface area contributed by atoms with Crippen molar-refractivity contribution in [2.75, 3.05) is 19.6 Å². The van der Waals surface area contributed by atoms with Crippen molar-refractivity contribution in [1.29, 1.82) is 0 Å². The second-order valence-corrected chi connectivity index (χ2v) is 8.50. The molecule has 0 atom stereocenters. The fourth-order valence-electron chi connectivity index (χ4n) is 3.97. The summed E-state index contributed by atoms with van der Waals surface area (Å²) in [6, 6.07) is 8.06. The van der Waals surface area contributed by atoms with Crippen LogP contribution < -0.4 is 0 Å². The van der Waals surface area contributed by atoms with Crippen molar-refractivity contribution >= 4 is 45.8 Å². The summed E-state index contributed by atoms with van der Waals surface area (Å²) in [6.45, 7) is 4.27. The van der Waals surface area contributed by atoms with Crippen molar-refractivity contribution < 1.29 is 14.4 Å². The van der Waals surface area contributed by atoms with Gasteiger partial charge in [-0.1, -0.05) is 25.1 Å². The van der Waals surface area contributed by atoms with E-state index in [1.165, 1.54) is 0 Å². The van der Waals surface area contributed by atoms with Gasteiger partial charge in [0.2, 0.25) is 5.91 Å². The maximum absolute atomic E-state index is 12.8. The zero-order valence-electron chi connectivity index (χ0n) is 16.6. The SMILES string of the molecule is CCCn1cc(/C=C2\SC(=O)N(CC(=O)N3CCCCC3)C2=O)c2ccccc21. The van der Waals surface area contributed by atoms with Crippen LogP contribution in [0.1, 0.15) is 38.2 Å². The van der Waals surface area contributed by atoms with Crippen LogP contribution in [0.3, 0.4) is 0 Å². The molecule has 2 aliphatic rings. The second-order valence-electron chi connectivity index (χ2n) is 7.50. The molecule has 2 aromatic rings. The number of imide groups is 1. The number of para-hydroxylation sites is 1. The van der Waals surface area contributed by atoms with Gasteiger partial charge in [0, 0.05) is 42.3 Å². The smallest absolute Gasteiger partial charge is 0.294 e. The minimum absolute atomic E-state index is 0.146. The molecule has 6 nitrogen and oxygen atoms in total. The van der Waals surface area contributed by atoms with Crippen LogP contribution in [0, 0.1) is 0 Å². The van der Waals surface area contributed by atoms with Crippen LogP contribution in [-0.4, -0.2) is 51.1 Å². The molecular weight excluding hydrogens is 386 g/mol. The van der Waals surface area contributed by atoms with Gasteiger partial charge in [-0.25, -0.2) is 0 Å². The molecule has 2 fully saturated rings. The monoisotopic (exact) mass is 411 g/mol. The number of benzene rings is 1. The number of nitrogens with zero attached hydrogens (tertiary/aromatic N) is 3. The van der Waals surface area contributed by atoms with Crippen molar-refractivity contribution in [2.45, 2.75) is 39.2 Å². The first-order chi connectivity index (χ1) is 14.1. The van der Waals surface area contributed by atoms with E-state index in [1.807, 2.05) is 24.4 Å². The first kappa shape index (κ1) is 19.8. The van der Waals surface area contributed by atoms with Crippen LogP contribution in [-0.2, 0) is 16.1 Å². The Balaban J connectivity index is 1.56. The molecule has 0 N–H and O–H groups in total. The summed E-state index contributed by atoms with van der Waals surface area (Å²) in [5, 5.41) is 0.682. The van der Waals surface area contributed by atoms with Crippen molar-refractivity contribution in [2.24, 2.45) is 0 Å². The molecule has 3 amide bonds. The highest BCUT2D eigenvalue weighted by Gasteiger charge is 2.37. The number of rotatable bonds is 5. The Kier molecular flexibility index (Phi) is 5.76. The number of aryl methyl sites for hydroxylation is 1. The van der Waals surface area contributed by atoms with E-state index in [9.17, 15) is 14.4 Å². The number of likely N-dealkylation sites (tertiary alicyclic amines) is 1. The number of hydrogen-bond donors (Lipinski definition) is 0. The normalized spacial score (nSPS) is 19.0. The molecule has 1 aromatic heterocycles. The standard InChI is InChI=1S/C22H25N3O3S/c1-2-10-24-14-16(17-8-4-5-9-18(17)24)13-19-21(27)25(22(28)29-19)15-20(26)23-11-6-3-7-12-23/h4-5,8-9,13-14H,2-3,6-7,10-12,15H2,1H3/b19-13-. The van der Waals surface area contributed by atoms with E-state index >= 15 is 0 Å². The Morgan fingerprint density at radius 1 is 1.14 bits per heavy atom. The maximum Gasteiger partial charge on any atom is 0.294 e. The fourth-order valence-corrected chi connectivity index (χ4v) is 4.80. The minimum atomic E-state index is -0.377. The second kappa shape index (κ2) is 8.45. The van der Waals surface area contributed by atoms with Gasteiger partial charge < -0.3 is 9.47 Å². The lowest BCUT2D eigenvalue weighted by Gasteiger charge is -2.27. The third kappa shape index (κ3) is 3.96. The van der Waals surface area contributed by atoms with Gasteiger partial charge in [-0.15, -0.1) is 0 Å². The third-order valence-electron chi connectivity index (χ3n) is 5.45. The quantitative estimate of drug-likeness (QED) is 0.695. The summed E-state index contributed by atoms with van der Waals surface area (Å²) in [7, 11) is 0. The number of aromatic nitrogens is 1. The molecule has 29 heavy (non-hydrogen) atoms. The Hall–Kier alpha value is -2.54. The molecule has 0 radical (unpaired) electrons. The van der Waals surface area contributed by atoms with Gasteiger partial charge in [0.25, 0.3) is 11.1 Å². The van der Waals surface area contributed by atoms with Gasteiger partial charge in [-0.05, 0) is 49.6 Å².